The van der Waals surface area contributed by atoms with E-state index >= 15 is 0 Å². The van der Waals surface area contributed by atoms with Crippen molar-refractivity contribution < 1.29 is 19.1 Å². The Labute approximate surface area is 214 Å². The molecule has 1 aliphatic rings. The van der Waals surface area contributed by atoms with Crippen LogP contribution in [0.25, 0.3) is 16.8 Å². The summed E-state index contributed by atoms with van der Waals surface area (Å²) < 4.78 is 6.29. The second-order valence-corrected chi connectivity index (χ2v) is 9.78. The lowest BCUT2D eigenvalue weighted by Crippen LogP contribution is -2.27. The van der Waals surface area contributed by atoms with Crippen molar-refractivity contribution in [2.75, 3.05) is 0 Å². The number of hydrogen-bond acceptors (Lipinski definition) is 5. The molecule has 0 bridgehead atoms. The number of rotatable bonds is 5. The largest absolute Gasteiger partial charge is 0.423 e. The number of carbonyl (C=O) groups is 3. The third kappa shape index (κ3) is 5.06. The van der Waals surface area contributed by atoms with Crippen molar-refractivity contribution in [3.8, 4) is 5.75 Å². The second-order valence-electron chi connectivity index (χ2n) is 7.87. The summed E-state index contributed by atoms with van der Waals surface area (Å²) in [6, 6.07) is 27.5. The maximum Gasteiger partial charge on any atom is 0.343 e. The molecular formula is C28H18BrNO4S. The summed E-state index contributed by atoms with van der Waals surface area (Å²) in [5.74, 6) is -0.391. The second kappa shape index (κ2) is 9.90. The van der Waals surface area contributed by atoms with E-state index in [0.717, 1.165) is 38.1 Å². The molecule has 1 heterocycles. The van der Waals surface area contributed by atoms with Crippen LogP contribution in [0.3, 0.4) is 0 Å². The van der Waals surface area contributed by atoms with Gasteiger partial charge in [0.2, 0.25) is 0 Å². The van der Waals surface area contributed by atoms with E-state index in [2.05, 4.69) is 15.9 Å². The van der Waals surface area contributed by atoms with E-state index in [0.29, 0.717) is 16.2 Å². The van der Waals surface area contributed by atoms with Crippen LogP contribution in [0.5, 0.6) is 5.75 Å². The van der Waals surface area contributed by atoms with Gasteiger partial charge in [-0.3, -0.25) is 14.5 Å². The fraction of sp³-hybridized carbons (Fsp3) is 0.0357. The van der Waals surface area contributed by atoms with E-state index in [-0.39, 0.29) is 17.7 Å². The summed E-state index contributed by atoms with van der Waals surface area (Å²) in [5, 5.41) is 1.79. The molecule has 4 aromatic carbocycles. The van der Waals surface area contributed by atoms with Crippen LogP contribution in [-0.4, -0.2) is 22.0 Å². The number of nitrogens with zero attached hydrogens (tertiary/aromatic N) is 1. The Morgan fingerprint density at radius 3 is 2.37 bits per heavy atom. The molecule has 0 unspecified atom stereocenters. The third-order valence-electron chi connectivity index (χ3n) is 5.55. The minimum absolute atomic E-state index is 0.217. The van der Waals surface area contributed by atoms with Crippen molar-refractivity contribution in [2.24, 2.45) is 0 Å². The molecule has 172 valence electrons. The SMILES string of the molecule is O=C(Oc1ccc(/C=C2\SC(=O)N(Cc3cccc4ccccc34)C2=O)cc1)c1ccc(Br)cc1. The Bertz CT molecular complexity index is 1470. The maximum atomic E-state index is 13.0. The van der Waals surface area contributed by atoms with Gasteiger partial charge in [-0.1, -0.05) is 70.5 Å². The molecule has 0 aromatic heterocycles. The van der Waals surface area contributed by atoms with E-state index in [9.17, 15) is 14.4 Å². The molecule has 4 aromatic rings. The van der Waals surface area contributed by atoms with E-state index in [1.807, 2.05) is 42.5 Å². The normalized spacial score (nSPS) is 14.7. The van der Waals surface area contributed by atoms with E-state index < -0.39 is 5.97 Å². The highest BCUT2D eigenvalue weighted by Crippen LogP contribution is 2.34. The van der Waals surface area contributed by atoms with E-state index in [1.54, 1.807) is 54.6 Å². The third-order valence-corrected chi connectivity index (χ3v) is 6.99. The van der Waals surface area contributed by atoms with Crippen LogP contribution < -0.4 is 4.74 Å². The van der Waals surface area contributed by atoms with Crippen molar-refractivity contribution in [2.45, 2.75) is 6.54 Å². The monoisotopic (exact) mass is 543 g/mol. The molecule has 5 rings (SSSR count). The first kappa shape index (κ1) is 23.1. The Hall–Kier alpha value is -3.68. The van der Waals surface area contributed by atoms with Gasteiger partial charge in [0.1, 0.15) is 5.75 Å². The van der Waals surface area contributed by atoms with Crippen LogP contribution in [0.1, 0.15) is 21.5 Å². The standard InChI is InChI=1S/C28H18BrNO4S/c29-22-12-10-20(11-13-22)27(32)34-23-14-8-18(9-15-23)16-25-26(31)30(28(33)35-25)17-21-6-3-5-19-4-1-2-7-24(19)21/h1-16H,17H2/b25-16-. The fourth-order valence-electron chi connectivity index (χ4n) is 3.77. The first-order chi connectivity index (χ1) is 17.0. The molecule has 0 atom stereocenters. The molecular weight excluding hydrogens is 526 g/mol. The van der Waals surface area contributed by atoms with Gasteiger partial charge in [0.05, 0.1) is 17.0 Å². The minimum Gasteiger partial charge on any atom is -0.423 e. The van der Waals surface area contributed by atoms with Crippen molar-refractivity contribution in [1.82, 2.24) is 4.90 Å². The van der Waals surface area contributed by atoms with Crippen molar-refractivity contribution in [3.63, 3.8) is 0 Å². The number of benzene rings is 4. The number of halogens is 1. The molecule has 0 radical (unpaired) electrons. The molecule has 7 heteroatoms. The summed E-state index contributed by atoms with van der Waals surface area (Å²) in [6.07, 6.45) is 1.67. The van der Waals surface area contributed by atoms with Gasteiger partial charge in [-0.15, -0.1) is 0 Å². The predicted molar refractivity (Wildman–Crippen MR) is 141 cm³/mol. The van der Waals surface area contributed by atoms with Crippen molar-refractivity contribution in [1.29, 1.82) is 0 Å². The van der Waals surface area contributed by atoms with Gasteiger partial charge in [-0.25, -0.2) is 4.79 Å². The molecule has 5 nitrogen and oxygen atoms in total. The Morgan fingerprint density at radius 2 is 1.60 bits per heavy atom. The van der Waals surface area contributed by atoms with Gasteiger partial charge in [-0.2, -0.15) is 0 Å². The highest BCUT2D eigenvalue weighted by molar-refractivity contribution is 9.10. The predicted octanol–water partition coefficient (Wildman–Crippen LogP) is 7.06. The number of hydrogen-bond donors (Lipinski definition) is 0. The number of carbonyl (C=O) groups excluding carboxylic acids is 3. The molecule has 2 amide bonds. The summed E-state index contributed by atoms with van der Waals surface area (Å²) in [6.45, 7) is 0.217. The molecule has 1 fully saturated rings. The minimum atomic E-state index is -0.459. The first-order valence-corrected chi connectivity index (χ1v) is 12.4. The van der Waals surface area contributed by atoms with Crippen LogP contribution in [0.4, 0.5) is 4.79 Å². The lowest BCUT2D eigenvalue weighted by atomic mass is 10.0. The van der Waals surface area contributed by atoms with Crippen LogP contribution in [0.2, 0.25) is 0 Å². The van der Waals surface area contributed by atoms with Crippen LogP contribution >= 0.6 is 27.7 Å². The maximum absolute atomic E-state index is 13.0. The number of amides is 2. The summed E-state index contributed by atoms with van der Waals surface area (Å²) in [5.41, 5.74) is 2.09. The zero-order chi connectivity index (χ0) is 24.4. The van der Waals surface area contributed by atoms with Gasteiger partial charge in [-0.05, 0) is 76.1 Å². The Kier molecular flexibility index (Phi) is 6.53. The fourth-order valence-corrected chi connectivity index (χ4v) is 4.88. The smallest absolute Gasteiger partial charge is 0.343 e. The van der Waals surface area contributed by atoms with Gasteiger partial charge in [0.15, 0.2) is 0 Å². The average Bonchev–Trinajstić information content (AvgIpc) is 3.13. The van der Waals surface area contributed by atoms with Crippen LogP contribution in [-0.2, 0) is 11.3 Å². The lowest BCUT2D eigenvalue weighted by Gasteiger charge is -2.14. The van der Waals surface area contributed by atoms with Crippen LogP contribution in [0, 0.1) is 0 Å². The molecule has 1 saturated heterocycles. The van der Waals surface area contributed by atoms with Gasteiger partial charge in [0.25, 0.3) is 11.1 Å². The topological polar surface area (TPSA) is 63.7 Å². The Morgan fingerprint density at radius 1 is 0.886 bits per heavy atom. The van der Waals surface area contributed by atoms with Crippen molar-refractivity contribution in [3.05, 3.63) is 117 Å². The van der Waals surface area contributed by atoms with Gasteiger partial charge in [0, 0.05) is 4.47 Å². The average molecular weight is 544 g/mol. The van der Waals surface area contributed by atoms with Gasteiger partial charge < -0.3 is 4.74 Å². The number of fused-ring (bicyclic) bond motifs is 1. The zero-order valence-electron chi connectivity index (χ0n) is 18.3. The number of imide groups is 1. The van der Waals surface area contributed by atoms with Crippen LogP contribution in [0.15, 0.2) is 100 Å². The molecule has 0 N–H and O–H groups in total. The van der Waals surface area contributed by atoms with E-state index in [4.69, 9.17) is 4.74 Å². The number of esters is 1. The molecule has 1 aliphatic heterocycles. The molecule has 0 spiro atoms. The summed E-state index contributed by atoms with van der Waals surface area (Å²) in [4.78, 5) is 39.5. The zero-order valence-corrected chi connectivity index (χ0v) is 20.7. The number of thioether (sulfide) groups is 1. The first-order valence-electron chi connectivity index (χ1n) is 10.8. The van der Waals surface area contributed by atoms with Crippen molar-refractivity contribution >= 4 is 61.7 Å². The molecule has 35 heavy (non-hydrogen) atoms. The highest BCUT2D eigenvalue weighted by Gasteiger charge is 2.35. The summed E-state index contributed by atoms with van der Waals surface area (Å²) >= 11 is 4.26. The van der Waals surface area contributed by atoms with E-state index in [1.165, 1.54) is 4.90 Å². The molecule has 0 saturated carbocycles. The summed E-state index contributed by atoms with van der Waals surface area (Å²) in [7, 11) is 0. The lowest BCUT2D eigenvalue weighted by molar-refractivity contribution is -0.123. The highest BCUT2D eigenvalue weighted by atomic mass is 79.9. The quantitative estimate of drug-likeness (QED) is 0.153. The Balaban J connectivity index is 1.29. The number of ether oxygens (including phenoxy) is 1. The van der Waals surface area contributed by atoms with Gasteiger partial charge >= 0.3 is 5.97 Å². The molecule has 0 aliphatic carbocycles.